The zero-order valence-electron chi connectivity index (χ0n) is 11.6. The first-order chi connectivity index (χ1) is 7.12. The Morgan fingerprint density at radius 3 is 1.94 bits per heavy atom. The first-order valence-electron chi connectivity index (χ1n) is 6.33. The minimum absolute atomic E-state index is 0.285. The molecule has 0 amide bonds. The first-order valence-corrected chi connectivity index (χ1v) is 6.33. The van der Waals surface area contributed by atoms with Crippen molar-refractivity contribution in [1.29, 1.82) is 0 Å². The van der Waals surface area contributed by atoms with Crippen molar-refractivity contribution >= 4 is 5.78 Å². The predicted molar refractivity (Wildman–Crippen MR) is 69.3 cm³/mol. The maximum Gasteiger partial charge on any atom is 0.155 e. The minimum atomic E-state index is 0.285. The molecule has 0 fully saturated rings. The molecule has 1 heteroatoms. The minimum Gasteiger partial charge on any atom is -0.295 e. The molecule has 0 N–H and O–H groups in total. The van der Waals surface area contributed by atoms with Crippen molar-refractivity contribution < 1.29 is 4.79 Å². The summed E-state index contributed by atoms with van der Waals surface area (Å²) in [4.78, 5) is 11.2. The lowest BCUT2D eigenvalue weighted by Gasteiger charge is -2.45. The monoisotopic (exact) mass is 222 g/mol. The summed E-state index contributed by atoms with van der Waals surface area (Å²) in [7, 11) is 0. The third-order valence-electron chi connectivity index (χ3n) is 3.55. The van der Waals surface area contributed by atoms with Crippen LogP contribution in [0.4, 0.5) is 0 Å². The predicted octanol–water partition coefficient (Wildman–Crippen LogP) is 4.23. The van der Waals surface area contributed by atoms with Crippen LogP contribution in [0.15, 0.2) is 12.2 Å². The summed E-state index contributed by atoms with van der Waals surface area (Å²) in [5.74, 6) is 1.46. The van der Waals surface area contributed by atoms with Gasteiger partial charge in [-0.3, -0.25) is 4.79 Å². The quantitative estimate of drug-likeness (QED) is 0.649. The average Bonchev–Trinajstić information content (AvgIpc) is 2.03. The van der Waals surface area contributed by atoms with Crippen molar-refractivity contribution in [3.63, 3.8) is 0 Å². The van der Waals surface area contributed by atoms with Crippen molar-refractivity contribution in [1.82, 2.24) is 0 Å². The Hall–Kier alpha value is -0.590. The standard InChI is InChI=1S/C15H26O/c1-14(2,3)13(15(4,5)6)11-7-9-12(16)10-8-11/h7,9,11,13H,8,10H2,1-6H3. The normalized spacial score (nSPS) is 22.9. The number of allylic oxidation sites excluding steroid dienone is 2. The third kappa shape index (κ3) is 3.20. The summed E-state index contributed by atoms with van der Waals surface area (Å²) in [6.45, 7) is 13.9. The van der Waals surface area contributed by atoms with Crippen LogP contribution < -0.4 is 0 Å². The molecule has 0 aromatic carbocycles. The van der Waals surface area contributed by atoms with E-state index in [0.29, 0.717) is 11.8 Å². The van der Waals surface area contributed by atoms with Crippen molar-refractivity contribution in [3.05, 3.63) is 12.2 Å². The molecule has 1 unspecified atom stereocenters. The van der Waals surface area contributed by atoms with Crippen LogP contribution in [-0.2, 0) is 4.79 Å². The molecule has 0 spiro atoms. The molecule has 1 rings (SSSR count). The molecule has 0 aliphatic heterocycles. The van der Waals surface area contributed by atoms with Crippen molar-refractivity contribution in [2.45, 2.75) is 54.4 Å². The average molecular weight is 222 g/mol. The number of carbonyl (C=O) groups excluding carboxylic acids is 1. The Morgan fingerprint density at radius 1 is 1.12 bits per heavy atom. The summed E-state index contributed by atoms with van der Waals surface area (Å²) in [6.07, 6.45) is 5.68. The van der Waals surface area contributed by atoms with Gasteiger partial charge in [0.2, 0.25) is 0 Å². The van der Waals surface area contributed by atoms with Crippen LogP contribution in [0.2, 0.25) is 0 Å². The molecule has 1 aliphatic rings. The lowest BCUT2D eigenvalue weighted by Crippen LogP contribution is -2.38. The Kier molecular flexibility index (Phi) is 3.66. The molecular formula is C15H26O. The van der Waals surface area contributed by atoms with Gasteiger partial charge in [-0.15, -0.1) is 0 Å². The molecule has 1 aliphatic carbocycles. The van der Waals surface area contributed by atoms with E-state index in [-0.39, 0.29) is 16.6 Å². The lowest BCUT2D eigenvalue weighted by molar-refractivity contribution is -0.115. The number of carbonyl (C=O) groups is 1. The highest BCUT2D eigenvalue weighted by Crippen LogP contribution is 2.47. The van der Waals surface area contributed by atoms with Crippen LogP contribution in [0.5, 0.6) is 0 Å². The highest BCUT2D eigenvalue weighted by molar-refractivity contribution is 5.90. The highest BCUT2D eigenvalue weighted by Gasteiger charge is 2.39. The number of ketones is 1. The van der Waals surface area contributed by atoms with E-state index in [1.807, 2.05) is 0 Å². The van der Waals surface area contributed by atoms with E-state index in [0.717, 1.165) is 12.8 Å². The Morgan fingerprint density at radius 2 is 1.62 bits per heavy atom. The van der Waals surface area contributed by atoms with Crippen molar-refractivity contribution in [2.24, 2.45) is 22.7 Å². The van der Waals surface area contributed by atoms with Gasteiger partial charge < -0.3 is 0 Å². The molecule has 0 aromatic rings. The molecule has 1 nitrogen and oxygen atoms in total. The highest BCUT2D eigenvalue weighted by atomic mass is 16.1. The molecule has 16 heavy (non-hydrogen) atoms. The largest absolute Gasteiger partial charge is 0.295 e. The fourth-order valence-electron chi connectivity index (χ4n) is 3.58. The summed E-state index contributed by atoms with van der Waals surface area (Å²) in [5.41, 5.74) is 0.571. The van der Waals surface area contributed by atoms with Gasteiger partial charge in [0, 0.05) is 6.42 Å². The van der Waals surface area contributed by atoms with Crippen LogP contribution in [0.1, 0.15) is 54.4 Å². The van der Waals surface area contributed by atoms with Crippen molar-refractivity contribution in [2.75, 3.05) is 0 Å². The van der Waals surface area contributed by atoms with Gasteiger partial charge in [0.1, 0.15) is 0 Å². The van der Waals surface area contributed by atoms with E-state index in [2.05, 4.69) is 47.6 Å². The maximum atomic E-state index is 11.2. The second kappa shape index (κ2) is 4.35. The van der Waals surface area contributed by atoms with Crippen LogP contribution in [0.3, 0.4) is 0 Å². The van der Waals surface area contributed by atoms with Gasteiger partial charge in [-0.05, 0) is 35.2 Å². The Labute approximate surface area is 100 Å². The van der Waals surface area contributed by atoms with Gasteiger partial charge in [-0.2, -0.15) is 0 Å². The van der Waals surface area contributed by atoms with Crippen LogP contribution in [0.25, 0.3) is 0 Å². The van der Waals surface area contributed by atoms with Crippen molar-refractivity contribution in [3.8, 4) is 0 Å². The topological polar surface area (TPSA) is 17.1 Å². The first kappa shape index (κ1) is 13.5. The van der Waals surface area contributed by atoms with E-state index in [1.165, 1.54) is 0 Å². The molecule has 0 radical (unpaired) electrons. The van der Waals surface area contributed by atoms with E-state index >= 15 is 0 Å². The molecule has 0 saturated carbocycles. The Balaban J connectivity index is 2.95. The molecule has 1 atom stereocenters. The molecule has 0 saturated heterocycles. The summed E-state index contributed by atoms with van der Waals surface area (Å²) in [5, 5.41) is 0. The summed E-state index contributed by atoms with van der Waals surface area (Å²) >= 11 is 0. The number of rotatable bonds is 1. The molecule has 92 valence electrons. The SMILES string of the molecule is CC(C)(C)C(C1C=CC(=O)CC1)C(C)(C)C. The molecule has 0 heterocycles. The lowest BCUT2D eigenvalue weighted by atomic mass is 9.59. The maximum absolute atomic E-state index is 11.2. The second-order valence-corrected chi connectivity index (χ2v) is 7.24. The van der Waals surface area contributed by atoms with E-state index < -0.39 is 0 Å². The van der Waals surface area contributed by atoms with Gasteiger partial charge >= 0.3 is 0 Å². The Bertz CT molecular complexity index is 272. The third-order valence-corrected chi connectivity index (χ3v) is 3.55. The van der Waals surface area contributed by atoms with Crippen LogP contribution in [0, 0.1) is 22.7 Å². The second-order valence-electron chi connectivity index (χ2n) is 7.24. The van der Waals surface area contributed by atoms with E-state index in [1.54, 1.807) is 6.08 Å². The summed E-state index contributed by atoms with van der Waals surface area (Å²) in [6, 6.07) is 0. The van der Waals surface area contributed by atoms with Gasteiger partial charge in [-0.25, -0.2) is 0 Å². The van der Waals surface area contributed by atoms with E-state index in [4.69, 9.17) is 0 Å². The number of hydrogen-bond acceptors (Lipinski definition) is 1. The fraction of sp³-hybridized carbons (Fsp3) is 0.800. The van der Waals surface area contributed by atoms with E-state index in [9.17, 15) is 4.79 Å². The molecule has 0 aromatic heterocycles. The van der Waals surface area contributed by atoms with Crippen LogP contribution >= 0.6 is 0 Å². The van der Waals surface area contributed by atoms with Gasteiger partial charge in [0.05, 0.1) is 0 Å². The molecular weight excluding hydrogens is 196 g/mol. The van der Waals surface area contributed by atoms with Crippen LogP contribution in [-0.4, -0.2) is 5.78 Å². The zero-order valence-corrected chi connectivity index (χ0v) is 11.6. The molecule has 0 bridgehead atoms. The van der Waals surface area contributed by atoms with Gasteiger partial charge in [0.25, 0.3) is 0 Å². The zero-order chi connectivity index (χ0) is 12.6. The smallest absolute Gasteiger partial charge is 0.155 e. The summed E-state index contributed by atoms with van der Waals surface area (Å²) < 4.78 is 0. The fourth-order valence-corrected chi connectivity index (χ4v) is 3.58. The number of hydrogen-bond donors (Lipinski definition) is 0. The van der Waals surface area contributed by atoms with Gasteiger partial charge in [-0.1, -0.05) is 47.6 Å². The van der Waals surface area contributed by atoms with Gasteiger partial charge in [0.15, 0.2) is 5.78 Å².